The average Bonchev–Trinajstić information content (AvgIpc) is 2.97. The Morgan fingerprint density at radius 3 is 2.08 bits per heavy atom. The van der Waals surface area contributed by atoms with Crippen molar-refractivity contribution in [1.82, 2.24) is 0 Å². The van der Waals surface area contributed by atoms with E-state index in [1.165, 1.54) is 20.9 Å². The fraction of sp³-hybridized carbons (Fsp3) is 0.0952. The number of aliphatic imine (C=N–C) groups is 1. The number of aryl methyl sites for hydroxylation is 1. The normalized spacial score (nSPS) is 18.5. The number of benzene rings is 3. The molecule has 0 saturated carbocycles. The van der Waals surface area contributed by atoms with Crippen molar-refractivity contribution >= 4 is 35.4 Å². The van der Waals surface area contributed by atoms with Crippen molar-refractivity contribution in [3.63, 3.8) is 0 Å². The zero-order valence-corrected chi connectivity index (χ0v) is 15.0. The van der Waals surface area contributed by atoms with Crippen LogP contribution in [0.4, 0.5) is 5.69 Å². The van der Waals surface area contributed by atoms with Crippen LogP contribution in [-0.2, 0) is 4.08 Å². The van der Waals surface area contributed by atoms with Crippen LogP contribution in [-0.4, -0.2) is 6.21 Å². The lowest BCUT2D eigenvalue weighted by Crippen LogP contribution is -2.16. The third-order valence-electron chi connectivity index (χ3n) is 3.96. The number of rotatable bonds is 4. The van der Waals surface area contributed by atoms with Crippen LogP contribution >= 0.6 is 23.5 Å². The summed E-state index contributed by atoms with van der Waals surface area (Å²) in [6.45, 7) is 2.12. The van der Waals surface area contributed by atoms with Crippen molar-refractivity contribution in [2.24, 2.45) is 4.99 Å². The highest BCUT2D eigenvalue weighted by Crippen LogP contribution is 2.56. The smallest absolute Gasteiger partial charge is 0.132 e. The zero-order valence-electron chi connectivity index (χ0n) is 13.3. The number of para-hydroxylation sites is 1. The van der Waals surface area contributed by atoms with E-state index in [1.54, 1.807) is 0 Å². The molecular formula is C21H17NS2. The third kappa shape index (κ3) is 3.02. The van der Waals surface area contributed by atoms with E-state index >= 15 is 0 Å². The minimum Gasteiger partial charge on any atom is -0.258 e. The molecule has 0 amide bonds. The third-order valence-corrected chi connectivity index (χ3v) is 6.73. The number of fused-ring (bicyclic) bond motifs is 1. The van der Waals surface area contributed by atoms with Gasteiger partial charge in [-0.25, -0.2) is 0 Å². The van der Waals surface area contributed by atoms with Crippen LogP contribution in [0.2, 0.25) is 0 Å². The first-order valence-electron chi connectivity index (χ1n) is 7.90. The summed E-state index contributed by atoms with van der Waals surface area (Å²) in [5, 5.41) is 0. The summed E-state index contributed by atoms with van der Waals surface area (Å²) in [7, 11) is 0. The van der Waals surface area contributed by atoms with Gasteiger partial charge in [0.15, 0.2) is 0 Å². The first-order chi connectivity index (χ1) is 11.8. The molecule has 0 radical (unpaired) electrons. The van der Waals surface area contributed by atoms with Gasteiger partial charge in [-0.2, -0.15) is 0 Å². The summed E-state index contributed by atoms with van der Waals surface area (Å²) in [4.78, 5) is 7.20. The molecule has 3 aromatic rings. The van der Waals surface area contributed by atoms with Crippen molar-refractivity contribution in [3.8, 4) is 0 Å². The maximum atomic E-state index is 4.70. The zero-order chi connectivity index (χ0) is 16.4. The second-order valence-corrected chi connectivity index (χ2v) is 8.67. The Morgan fingerprint density at radius 2 is 1.33 bits per heavy atom. The van der Waals surface area contributed by atoms with E-state index < -0.39 is 0 Å². The summed E-state index contributed by atoms with van der Waals surface area (Å²) in [6.07, 6.45) is 2.10. The highest BCUT2D eigenvalue weighted by atomic mass is 32.2. The summed E-state index contributed by atoms with van der Waals surface area (Å²) < 4.78 is -0.229. The predicted octanol–water partition coefficient (Wildman–Crippen LogP) is 6.45. The molecule has 1 heterocycles. The standard InChI is InChI=1S/C21H17NS2/c1-16-11-13-18(14-12-16)24-21(23-17-7-3-2-4-8-17)15-22-20-10-6-5-9-19(20)21/h2-15H,1H3. The molecule has 0 spiro atoms. The van der Waals surface area contributed by atoms with Gasteiger partial charge in [0.05, 0.1) is 5.69 Å². The lowest BCUT2D eigenvalue weighted by molar-refractivity contribution is 1.25. The van der Waals surface area contributed by atoms with Gasteiger partial charge in [0.1, 0.15) is 4.08 Å². The van der Waals surface area contributed by atoms with E-state index in [-0.39, 0.29) is 4.08 Å². The van der Waals surface area contributed by atoms with Crippen molar-refractivity contribution < 1.29 is 0 Å². The second-order valence-electron chi connectivity index (χ2n) is 5.77. The minimum absolute atomic E-state index is 0.229. The Labute approximate surface area is 151 Å². The van der Waals surface area contributed by atoms with Gasteiger partial charge >= 0.3 is 0 Å². The fourth-order valence-corrected chi connectivity index (χ4v) is 5.52. The highest BCUT2D eigenvalue weighted by molar-refractivity contribution is 8.18. The molecule has 24 heavy (non-hydrogen) atoms. The molecule has 0 fully saturated rings. The maximum absolute atomic E-state index is 4.70. The first kappa shape index (κ1) is 15.6. The maximum Gasteiger partial charge on any atom is 0.132 e. The Kier molecular flexibility index (Phi) is 4.21. The number of thioether (sulfide) groups is 2. The van der Waals surface area contributed by atoms with Crippen LogP contribution in [0.3, 0.4) is 0 Å². The molecule has 1 aliphatic heterocycles. The fourth-order valence-electron chi connectivity index (χ4n) is 2.73. The number of nitrogens with zero attached hydrogens (tertiary/aromatic N) is 1. The minimum atomic E-state index is -0.229. The summed E-state index contributed by atoms with van der Waals surface area (Å²) in [5.74, 6) is 0. The van der Waals surface area contributed by atoms with Gasteiger partial charge in [0.2, 0.25) is 0 Å². The van der Waals surface area contributed by atoms with E-state index in [4.69, 9.17) is 4.99 Å². The van der Waals surface area contributed by atoms with Crippen molar-refractivity contribution in [1.29, 1.82) is 0 Å². The first-order valence-corrected chi connectivity index (χ1v) is 9.53. The van der Waals surface area contributed by atoms with Crippen LogP contribution in [0.5, 0.6) is 0 Å². The Bertz CT molecular complexity index is 872. The van der Waals surface area contributed by atoms with Gasteiger partial charge < -0.3 is 0 Å². The summed E-state index contributed by atoms with van der Waals surface area (Å²) in [6, 6.07) is 27.7. The quantitative estimate of drug-likeness (QED) is 0.503. The Morgan fingerprint density at radius 1 is 0.708 bits per heavy atom. The topological polar surface area (TPSA) is 12.4 Å². The molecule has 0 aromatic heterocycles. The number of hydrogen-bond donors (Lipinski definition) is 0. The van der Waals surface area contributed by atoms with Gasteiger partial charge in [-0.05, 0) is 37.3 Å². The SMILES string of the molecule is Cc1ccc(SC2(Sc3ccccc3)C=Nc3ccccc32)cc1. The molecule has 0 saturated heterocycles. The molecule has 3 aromatic carbocycles. The van der Waals surface area contributed by atoms with E-state index in [2.05, 4.69) is 92.0 Å². The molecule has 3 heteroatoms. The van der Waals surface area contributed by atoms with Crippen LogP contribution < -0.4 is 0 Å². The molecule has 0 aliphatic carbocycles. The average molecular weight is 348 g/mol. The highest BCUT2D eigenvalue weighted by Gasteiger charge is 2.38. The van der Waals surface area contributed by atoms with E-state index in [9.17, 15) is 0 Å². The largest absolute Gasteiger partial charge is 0.258 e. The van der Waals surface area contributed by atoms with Crippen molar-refractivity contribution in [2.75, 3.05) is 0 Å². The number of hydrogen-bond acceptors (Lipinski definition) is 3. The lowest BCUT2D eigenvalue weighted by atomic mass is 10.1. The predicted molar refractivity (Wildman–Crippen MR) is 106 cm³/mol. The van der Waals surface area contributed by atoms with E-state index in [0.717, 1.165) is 5.69 Å². The molecule has 118 valence electrons. The van der Waals surface area contributed by atoms with E-state index in [1.807, 2.05) is 23.5 Å². The molecular weight excluding hydrogens is 330 g/mol. The van der Waals surface area contributed by atoms with Crippen LogP contribution in [0, 0.1) is 6.92 Å². The van der Waals surface area contributed by atoms with Crippen molar-refractivity contribution in [3.05, 3.63) is 90.0 Å². The molecule has 1 aliphatic rings. The van der Waals surface area contributed by atoms with Gasteiger partial charge in [0, 0.05) is 21.6 Å². The molecule has 4 rings (SSSR count). The second kappa shape index (κ2) is 6.50. The Hall–Kier alpha value is -1.97. The molecule has 1 nitrogen and oxygen atoms in total. The van der Waals surface area contributed by atoms with Crippen LogP contribution in [0.25, 0.3) is 0 Å². The van der Waals surface area contributed by atoms with Gasteiger partial charge in [0.25, 0.3) is 0 Å². The van der Waals surface area contributed by atoms with Crippen LogP contribution in [0.15, 0.2) is 93.6 Å². The molecule has 1 atom stereocenters. The van der Waals surface area contributed by atoms with Gasteiger partial charge in [-0.1, -0.05) is 77.6 Å². The Balaban J connectivity index is 1.76. The lowest BCUT2D eigenvalue weighted by Gasteiger charge is -2.26. The summed E-state index contributed by atoms with van der Waals surface area (Å²) >= 11 is 3.71. The van der Waals surface area contributed by atoms with Gasteiger partial charge in [-0.15, -0.1) is 0 Å². The van der Waals surface area contributed by atoms with Crippen molar-refractivity contribution in [2.45, 2.75) is 20.8 Å². The summed E-state index contributed by atoms with van der Waals surface area (Å²) in [5.41, 5.74) is 3.62. The molecule has 1 unspecified atom stereocenters. The van der Waals surface area contributed by atoms with Crippen LogP contribution in [0.1, 0.15) is 11.1 Å². The molecule has 0 N–H and O–H groups in total. The molecule has 0 bridgehead atoms. The monoisotopic (exact) mass is 347 g/mol. The van der Waals surface area contributed by atoms with Gasteiger partial charge in [-0.3, -0.25) is 4.99 Å². The van der Waals surface area contributed by atoms with E-state index in [0.29, 0.717) is 0 Å².